The molecule has 1 heterocycles. The van der Waals surface area contributed by atoms with Gasteiger partial charge in [0.15, 0.2) is 5.78 Å². The third-order valence-electron chi connectivity index (χ3n) is 4.29. The van der Waals surface area contributed by atoms with Crippen LogP contribution in [0.15, 0.2) is 91.1 Å². The first-order valence-corrected chi connectivity index (χ1v) is 8.04. The minimum atomic E-state index is 0.0635. The van der Waals surface area contributed by atoms with Crippen molar-refractivity contribution in [1.29, 1.82) is 0 Å². The van der Waals surface area contributed by atoms with Gasteiger partial charge in [0.25, 0.3) is 0 Å². The van der Waals surface area contributed by atoms with Crippen molar-refractivity contribution in [3.05, 3.63) is 108 Å². The maximum absolute atomic E-state index is 12.4. The van der Waals surface area contributed by atoms with Crippen molar-refractivity contribution in [2.75, 3.05) is 0 Å². The second-order valence-corrected chi connectivity index (χ2v) is 5.89. The van der Waals surface area contributed by atoms with E-state index in [0.29, 0.717) is 0 Å². The molecular weight excluding hydrogens is 294 g/mol. The first kappa shape index (κ1) is 14.5. The van der Waals surface area contributed by atoms with Gasteiger partial charge in [-0.15, -0.1) is 0 Å². The fourth-order valence-corrected chi connectivity index (χ4v) is 2.99. The summed E-state index contributed by atoms with van der Waals surface area (Å²) in [5, 5.41) is 1.24. The Labute approximate surface area is 141 Å². The van der Waals surface area contributed by atoms with Gasteiger partial charge in [-0.3, -0.25) is 4.79 Å². The average molecular weight is 311 g/mol. The zero-order chi connectivity index (χ0) is 16.4. The van der Waals surface area contributed by atoms with Crippen LogP contribution in [0.4, 0.5) is 0 Å². The topological polar surface area (TPSA) is 22.0 Å². The lowest BCUT2D eigenvalue weighted by atomic mass is 10.0. The maximum Gasteiger partial charge on any atom is 0.193 e. The Balaban J connectivity index is 1.57. The lowest BCUT2D eigenvalue weighted by molar-refractivity contribution is 0.103. The minimum absolute atomic E-state index is 0.0635. The number of nitrogens with zero attached hydrogens (tertiary/aromatic N) is 1. The maximum atomic E-state index is 12.4. The molecule has 0 N–H and O–H groups in total. The van der Waals surface area contributed by atoms with E-state index in [1.54, 1.807) is 0 Å². The van der Waals surface area contributed by atoms with Crippen LogP contribution >= 0.6 is 0 Å². The van der Waals surface area contributed by atoms with E-state index in [4.69, 9.17) is 0 Å². The Hall–Kier alpha value is -3.13. The highest BCUT2D eigenvalue weighted by Gasteiger charge is 2.08. The van der Waals surface area contributed by atoms with Gasteiger partial charge in [-0.1, -0.05) is 72.8 Å². The quantitative estimate of drug-likeness (QED) is 0.490. The molecule has 0 bridgehead atoms. The van der Waals surface area contributed by atoms with Gasteiger partial charge in [0, 0.05) is 29.4 Å². The number of hydrogen-bond acceptors (Lipinski definition) is 1. The van der Waals surface area contributed by atoms with Gasteiger partial charge < -0.3 is 4.57 Å². The van der Waals surface area contributed by atoms with Crippen LogP contribution in [0.2, 0.25) is 0 Å². The summed E-state index contributed by atoms with van der Waals surface area (Å²) in [6, 6.07) is 27.8. The summed E-state index contributed by atoms with van der Waals surface area (Å²) in [4.78, 5) is 12.4. The van der Waals surface area contributed by atoms with E-state index in [1.165, 1.54) is 16.5 Å². The monoisotopic (exact) mass is 311 g/mol. The second kappa shape index (κ2) is 6.17. The highest BCUT2D eigenvalue weighted by atomic mass is 16.1. The summed E-state index contributed by atoms with van der Waals surface area (Å²) < 4.78 is 2.23. The number of ketones is 1. The summed E-state index contributed by atoms with van der Waals surface area (Å²) in [6.07, 6.45) is 2.10. The summed E-state index contributed by atoms with van der Waals surface area (Å²) in [6.45, 7) is 0.799. The van der Waals surface area contributed by atoms with Gasteiger partial charge >= 0.3 is 0 Å². The zero-order valence-corrected chi connectivity index (χ0v) is 13.2. The van der Waals surface area contributed by atoms with E-state index in [0.717, 1.165) is 17.7 Å². The molecule has 4 aromatic rings. The molecule has 0 saturated carbocycles. The molecule has 3 aromatic carbocycles. The summed E-state index contributed by atoms with van der Waals surface area (Å²) in [5.41, 5.74) is 3.85. The number of carbonyl (C=O) groups excluding carboxylic acids is 1. The van der Waals surface area contributed by atoms with Crippen LogP contribution in [0.5, 0.6) is 0 Å². The van der Waals surface area contributed by atoms with E-state index in [9.17, 15) is 4.79 Å². The molecule has 0 amide bonds. The van der Waals surface area contributed by atoms with Crippen molar-refractivity contribution in [3.63, 3.8) is 0 Å². The van der Waals surface area contributed by atoms with Crippen molar-refractivity contribution >= 4 is 16.7 Å². The van der Waals surface area contributed by atoms with Crippen molar-refractivity contribution in [1.82, 2.24) is 4.57 Å². The molecule has 24 heavy (non-hydrogen) atoms. The number of benzene rings is 3. The van der Waals surface area contributed by atoms with Crippen LogP contribution in [0, 0.1) is 0 Å². The second-order valence-electron chi connectivity index (χ2n) is 5.89. The van der Waals surface area contributed by atoms with Gasteiger partial charge in [0.1, 0.15) is 0 Å². The molecule has 0 saturated heterocycles. The van der Waals surface area contributed by atoms with Crippen LogP contribution in [0.25, 0.3) is 10.9 Å². The molecule has 1 aromatic heterocycles. The molecule has 0 unspecified atom stereocenters. The van der Waals surface area contributed by atoms with Crippen molar-refractivity contribution in [2.24, 2.45) is 0 Å². The third-order valence-corrected chi connectivity index (χ3v) is 4.29. The van der Waals surface area contributed by atoms with Gasteiger partial charge in [-0.05, 0) is 23.1 Å². The number of aromatic nitrogens is 1. The predicted octanol–water partition coefficient (Wildman–Crippen LogP) is 4.92. The van der Waals surface area contributed by atoms with Crippen molar-refractivity contribution < 1.29 is 4.79 Å². The molecular formula is C22H17NO. The number of hydrogen-bond donors (Lipinski definition) is 0. The Kier molecular flexibility index (Phi) is 3.72. The highest BCUT2D eigenvalue weighted by molar-refractivity contribution is 6.08. The Morgan fingerprint density at radius 2 is 1.38 bits per heavy atom. The van der Waals surface area contributed by atoms with E-state index in [-0.39, 0.29) is 5.78 Å². The van der Waals surface area contributed by atoms with E-state index in [2.05, 4.69) is 41.1 Å². The van der Waals surface area contributed by atoms with E-state index >= 15 is 0 Å². The molecule has 0 aliphatic carbocycles. The van der Waals surface area contributed by atoms with Crippen LogP contribution in [0.3, 0.4) is 0 Å². The molecule has 116 valence electrons. The summed E-state index contributed by atoms with van der Waals surface area (Å²) >= 11 is 0. The number of carbonyl (C=O) groups is 1. The van der Waals surface area contributed by atoms with Gasteiger partial charge in [-0.25, -0.2) is 0 Å². The van der Waals surface area contributed by atoms with Crippen LogP contribution in [-0.2, 0) is 6.54 Å². The fraction of sp³-hybridized carbons (Fsp3) is 0.0455. The first-order chi connectivity index (χ1) is 11.8. The standard InChI is InChI=1S/C22H17NO/c24-22(19-7-2-1-3-8-19)20-12-10-17(11-13-20)16-23-15-14-18-6-4-5-9-21(18)23/h1-15H,16H2. The van der Waals surface area contributed by atoms with Gasteiger partial charge in [0.05, 0.1) is 0 Å². The molecule has 0 atom stereocenters. The van der Waals surface area contributed by atoms with Crippen LogP contribution in [-0.4, -0.2) is 10.4 Å². The number of rotatable bonds is 4. The number of para-hydroxylation sites is 1. The molecule has 0 spiro atoms. The van der Waals surface area contributed by atoms with E-state index in [1.807, 2.05) is 54.6 Å². The van der Waals surface area contributed by atoms with Gasteiger partial charge in [-0.2, -0.15) is 0 Å². The largest absolute Gasteiger partial charge is 0.343 e. The fourth-order valence-electron chi connectivity index (χ4n) is 2.99. The Bertz CT molecular complexity index is 981. The lowest BCUT2D eigenvalue weighted by Gasteiger charge is -2.07. The van der Waals surface area contributed by atoms with Crippen molar-refractivity contribution in [2.45, 2.75) is 6.54 Å². The summed E-state index contributed by atoms with van der Waals surface area (Å²) in [5.74, 6) is 0.0635. The van der Waals surface area contributed by atoms with Crippen molar-refractivity contribution in [3.8, 4) is 0 Å². The average Bonchev–Trinajstić information content (AvgIpc) is 3.06. The highest BCUT2D eigenvalue weighted by Crippen LogP contribution is 2.17. The molecule has 0 aliphatic heterocycles. The molecule has 2 nitrogen and oxygen atoms in total. The van der Waals surface area contributed by atoms with Crippen LogP contribution < -0.4 is 0 Å². The summed E-state index contributed by atoms with van der Waals surface area (Å²) in [7, 11) is 0. The first-order valence-electron chi connectivity index (χ1n) is 8.04. The SMILES string of the molecule is O=C(c1ccccc1)c1ccc(Cn2ccc3ccccc32)cc1. The minimum Gasteiger partial charge on any atom is -0.343 e. The molecule has 0 fully saturated rings. The molecule has 4 rings (SSSR count). The third kappa shape index (κ3) is 2.74. The lowest BCUT2D eigenvalue weighted by Crippen LogP contribution is -2.02. The van der Waals surface area contributed by atoms with Gasteiger partial charge in [0.2, 0.25) is 0 Å². The smallest absolute Gasteiger partial charge is 0.193 e. The number of fused-ring (bicyclic) bond motifs is 1. The van der Waals surface area contributed by atoms with Crippen LogP contribution in [0.1, 0.15) is 21.5 Å². The molecule has 0 aliphatic rings. The zero-order valence-electron chi connectivity index (χ0n) is 13.2. The Morgan fingerprint density at radius 3 is 2.17 bits per heavy atom. The Morgan fingerprint density at radius 1 is 0.708 bits per heavy atom. The van der Waals surface area contributed by atoms with E-state index < -0.39 is 0 Å². The predicted molar refractivity (Wildman–Crippen MR) is 97.4 cm³/mol. The molecule has 2 heteroatoms. The normalized spacial score (nSPS) is 10.8. The molecule has 0 radical (unpaired) electrons.